The summed E-state index contributed by atoms with van der Waals surface area (Å²) in [7, 11) is 1.58. The molecule has 112 valence electrons. The van der Waals surface area contributed by atoms with Crippen LogP contribution in [0.3, 0.4) is 0 Å². The molecular formula is C15H17FN2O2S. The zero-order valence-electron chi connectivity index (χ0n) is 11.7. The van der Waals surface area contributed by atoms with Crippen molar-refractivity contribution in [2.24, 2.45) is 0 Å². The Hall–Kier alpha value is -1.92. The second kappa shape index (κ2) is 7.19. The highest BCUT2D eigenvalue weighted by Gasteiger charge is 2.19. The standard InChI is InChI=1S/C15H17FN2O2S/c1-20-7-6-18(10-12-3-2-8-21-12)15(19)13-5-4-11(16)9-14(13)17/h2-5,8-9H,6-7,10,17H2,1H3. The third-order valence-electron chi connectivity index (χ3n) is 3.02. The highest BCUT2D eigenvalue weighted by Crippen LogP contribution is 2.19. The van der Waals surface area contributed by atoms with Gasteiger partial charge in [-0.15, -0.1) is 11.3 Å². The van der Waals surface area contributed by atoms with Gasteiger partial charge in [0.05, 0.1) is 18.7 Å². The topological polar surface area (TPSA) is 55.6 Å². The maximum atomic E-state index is 13.1. The first-order chi connectivity index (χ1) is 10.1. The minimum absolute atomic E-state index is 0.147. The van der Waals surface area contributed by atoms with Crippen molar-refractivity contribution in [2.45, 2.75) is 6.54 Å². The van der Waals surface area contributed by atoms with E-state index < -0.39 is 5.82 Å². The largest absolute Gasteiger partial charge is 0.398 e. The van der Waals surface area contributed by atoms with Crippen LogP contribution in [-0.4, -0.2) is 31.1 Å². The molecule has 0 saturated heterocycles. The Labute approximate surface area is 126 Å². The van der Waals surface area contributed by atoms with E-state index in [-0.39, 0.29) is 11.6 Å². The third-order valence-corrected chi connectivity index (χ3v) is 3.88. The Morgan fingerprint density at radius 2 is 2.24 bits per heavy atom. The van der Waals surface area contributed by atoms with Crippen LogP contribution < -0.4 is 5.73 Å². The molecule has 6 heteroatoms. The van der Waals surface area contributed by atoms with Gasteiger partial charge in [0.15, 0.2) is 0 Å². The number of methoxy groups -OCH3 is 1. The summed E-state index contributed by atoms with van der Waals surface area (Å²) in [5, 5.41) is 1.96. The van der Waals surface area contributed by atoms with Gasteiger partial charge in [0.25, 0.3) is 5.91 Å². The van der Waals surface area contributed by atoms with Crippen molar-refractivity contribution in [3.63, 3.8) is 0 Å². The molecule has 0 saturated carbocycles. The molecule has 1 amide bonds. The number of anilines is 1. The number of carbonyl (C=O) groups is 1. The Kier molecular flexibility index (Phi) is 5.30. The van der Waals surface area contributed by atoms with E-state index in [4.69, 9.17) is 10.5 Å². The van der Waals surface area contributed by atoms with Gasteiger partial charge in [-0.2, -0.15) is 0 Å². The molecule has 0 spiro atoms. The third kappa shape index (κ3) is 4.03. The van der Waals surface area contributed by atoms with Crippen LogP contribution >= 0.6 is 11.3 Å². The van der Waals surface area contributed by atoms with Gasteiger partial charge in [-0.05, 0) is 29.6 Å². The zero-order valence-corrected chi connectivity index (χ0v) is 12.5. The number of thiophene rings is 1. The fourth-order valence-corrected chi connectivity index (χ4v) is 2.66. The molecule has 0 radical (unpaired) electrons. The Morgan fingerprint density at radius 1 is 1.43 bits per heavy atom. The van der Waals surface area contributed by atoms with Crippen LogP contribution in [0.1, 0.15) is 15.2 Å². The summed E-state index contributed by atoms with van der Waals surface area (Å²) in [5.41, 5.74) is 6.20. The highest BCUT2D eigenvalue weighted by molar-refractivity contribution is 7.09. The summed E-state index contributed by atoms with van der Waals surface area (Å²) >= 11 is 1.58. The Bertz CT molecular complexity index is 602. The zero-order chi connectivity index (χ0) is 15.2. The van der Waals surface area contributed by atoms with Crippen molar-refractivity contribution in [2.75, 3.05) is 26.0 Å². The molecular weight excluding hydrogens is 291 g/mol. The molecule has 0 aliphatic carbocycles. The minimum Gasteiger partial charge on any atom is -0.398 e. The number of rotatable bonds is 6. The van der Waals surface area contributed by atoms with E-state index in [1.165, 1.54) is 12.1 Å². The van der Waals surface area contributed by atoms with Crippen LogP contribution in [0.2, 0.25) is 0 Å². The molecule has 2 rings (SSSR count). The fraction of sp³-hybridized carbons (Fsp3) is 0.267. The first-order valence-corrected chi connectivity index (χ1v) is 7.35. The number of amides is 1. The molecule has 0 fully saturated rings. The van der Waals surface area contributed by atoms with Crippen LogP contribution in [0.25, 0.3) is 0 Å². The summed E-state index contributed by atoms with van der Waals surface area (Å²) in [4.78, 5) is 15.3. The predicted molar refractivity (Wildman–Crippen MR) is 81.7 cm³/mol. The molecule has 0 aliphatic heterocycles. The molecule has 0 bridgehead atoms. The van der Waals surface area contributed by atoms with Crippen LogP contribution in [-0.2, 0) is 11.3 Å². The van der Waals surface area contributed by atoms with Crippen molar-refractivity contribution in [1.29, 1.82) is 0 Å². The highest BCUT2D eigenvalue weighted by atomic mass is 32.1. The summed E-state index contributed by atoms with van der Waals surface area (Å²) in [5.74, 6) is -0.677. The number of ether oxygens (including phenoxy) is 1. The number of halogens is 1. The van der Waals surface area contributed by atoms with Gasteiger partial charge >= 0.3 is 0 Å². The number of carbonyl (C=O) groups excluding carboxylic acids is 1. The smallest absolute Gasteiger partial charge is 0.256 e. The minimum atomic E-state index is -0.453. The molecule has 0 unspecified atom stereocenters. The van der Waals surface area contributed by atoms with Crippen molar-refractivity contribution in [1.82, 2.24) is 4.90 Å². The van der Waals surface area contributed by atoms with E-state index in [9.17, 15) is 9.18 Å². The first-order valence-electron chi connectivity index (χ1n) is 6.47. The molecule has 4 nitrogen and oxygen atoms in total. The fourth-order valence-electron chi connectivity index (χ4n) is 1.94. The number of nitrogens with two attached hydrogens (primary N) is 1. The van der Waals surface area contributed by atoms with Gasteiger partial charge in [-0.3, -0.25) is 4.79 Å². The van der Waals surface area contributed by atoms with Gasteiger partial charge in [-0.1, -0.05) is 6.07 Å². The van der Waals surface area contributed by atoms with E-state index in [2.05, 4.69) is 0 Å². The van der Waals surface area contributed by atoms with Crippen LogP contribution in [0.4, 0.5) is 10.1 Å². The summed E-state index contributed by atoms with van der Waals surface area (Å²) in [6.07, 6.45) is 0. The predicted octanol–water partition coefficient (Wildman–Crippen LogP) is 2.76. The van der Waals surface area contributed by atoms with E-state index >= 15 is 0 Å². The molecule has 2 N–H and O–H groups in total. The Balaban J connectivity index is 2.20. The van der Waals surface area contributed by atoms with Gasteiger partial charge in [0.2, 0.25) is 0 Å². The summed E-state index contributed by atoms with van der Waals surface area (Å²) < 4.78 is 18.1. The number of nitrogen functional groups attached to an aromatic ring is 1. The molecule has 1 heterocycles. The quantitative estimate of drug-likeness (QED) is 0.835. The van der Waals surface area contributed by atoms with E-state index in [0.717, 1.165) is 10.9 Å². The van der Waals surface area contributed by atoms with Crippen molar-refractivity contribution < 1.29 is 13.9 Å². The monoisotopic (exact) mass is 308 g/mol. The second-order valence-electron chi connectivity index (χ2n) is 4.53. The molecule has 2 aromatic rings. The molecule has 21 heavy (non-hydrogen) atoms. The van der Waals surface area contributed by atoms with Crippen LogP contribution in [0.15, 0.2) is 35.7 Å². The number of hydrogen-bond acceptors (Lipinski definition) is 4. The lowest BCUT2D eigenvalue weighted by Gasteiger charge is -2.22. The van der Waals surface area contributed by atoms with Crippen molar-refractivity contribution in [3.8, 4) is 0 Å². The lowest BCUT2D eigenvalue weighted by molar-refractivity contribution is 0.0683. The molecule has 1 aromatic carbocycles. The SMILES string of the molecule is COCCN(Cc1cccs1)C(=O)c1ccc(F)cc1N. The normalized spacial score (nSPS) is 10.6. The van der Waals surface area contributed by atoms with Gasteiger partial charge < -0.3 is 15.4 Å². The van der Waals surface area contributed by atoms with E-state index in [1.807, 2.05) is 17.5 Å². The van der Waals surface area contributed by atoms with Gasteiger partial charge in [0, 0.05) is 24.2 Å². The van der Waals surface area contributed by atoms with Crippen LogP contribution in [0, 0.1) is 5.82 Å². The first kappa shape index (κ1) is 15.5. The van der Waals surface area contributed by atoms with E-state index in [0.29, 0.717) is 25.3 Å². The Morgan fingerprint density at radius 3 is 2.86 bits per heavy atom. The van der Waals surface area contributed by atoms with Crippen molar-refractivity contribution in [3.05, 3.63) is 52.0 Å². The molecule has 0 aliphatic rings. The maximum absolute atomic E-state index is 13.1. The lowest BCUT2D eigenvalue weighted by Crippen LogP contribution is -2.33. The summed E-state index contributed by atoms with van der Waals surface area (Å²) in [6.45, 7) is 1.36. The summed E-state index contributed by atoms with van der Waals surface area (Å²) in [6, 6.07) is 7.72. The average molecular weight is 308 g/mol. The second-order valence-corrected chi connectivity index (χ2v) is 5.56. The van der Waals surface area contributed by atoms with Gasteiger partial charge in [-0.25, -0.2) is 4.39 Å². The number of hydrogen-bond donors (Lipinski definition) is 1. The maximum Gasteiger partial charge on any atom is 0.256 e. The lowest BCUT2D eigenvalue weighted by atomic mass is 10.1. The van der Waals surface area contributed by atoms with E-state index in [1.54, 1.807) is 23.3 Å². The van der Waals surface area contributed by atoms with Gasteiger partial charge in [0.1, 0.15) is 5.82 Å². The van der Waals surface area contributed by atoms with Crippen LogP contribution in [0.5, 0.6) is 0 Å². The number of nitrogens with zero attached hydrogens (tertiary/aromatic N) is 1. The molecule has 0 atom stereocenters. The molecule has 1 aromatic heterocycles. The average Bonchev–Trinajstić information content (AvgIpc) is 2.95. The number of benzene rings is 1. The van der Waals surface area contributed by atoms with Crippen molar-refractivity contribution >= 4 is 22.9 Å².